The van der Waals surface area contributed by atoms with Crippen LogP contribution in [0.2, 0.25) is 5.02 Å². The summed E-state index contributed by atoms with van der Waals surface area (Å²) in [5.74, 6) is -0.729. The fourth-order valence-electron chi connectivity index (χ4n) is 2.39. The average Bonchev–Trinajstić information content (AvgIpc) is 2.40. The highest BCUT2D eigenvalue weighted by Crippen LogP contribution is 2.25. The van der Waals surface area contributed by atoms with E-state index in [4.69, 9.17) is 16.7 Å². The van der Waals surface area contributed by atoms with E-state index in [2.05, 4.69) is 16.7 Å². The molecule has 5 heteroatoms. The number of carboxylic acid groups (broad SMARTS) is 1. The van der Waals surface area contributed by atoms with Gasteiger partial charge in [0.1, 0.15) is 0 Å². The number of anilines is 1. The summed E-state index contributed by atoms with van der Waals surface area (Å²) in [4.78, 5) is 15.1. The van der Waals surface area contributed by atoms with Crippen LogP contribution in [0.1, 0.15) is 12.0 Å². The molecule has 1 fully saturated rings. The summed E-state index contributed by atoms with van der Waals surface area (Å²) in [5.41, 5.74) is 2.41. The molecule has 1 saturated heterocycles. The molecule has 2 rings (SSSR count). The van der Waals surface area contributed by atoms with Crippen molar-refractivity contribution in [2.75, 3.05) is 37.6 Å². The lowest BCUT2D eigenvalue weighted by atomic mass is 10.1. The SMILES string of the molecule is Cc1ccc(Cl)cc1N1CCN(CCC(=O)O)CC1. The molecule has 0 spiro atoms. The molecule has 4 nitrogen and oxygen atoms in total. The summed E-state index contributed by atoms with van der Waals surface area (Å²) in [5, 5.41) is 9.45. The Labute approximate surface area is 118 Å². The zero-order valence-electron chi connectivity index (χ0n) is 11.1. The second kappa shape index (κ2) is 6.26. The Morgan fingerprint density at radius 2 is 2.00 bits per heavy atom. The van der Waals surface area contributed by atoms with Gasteiger partial charge >= 0.3 is 5.97 Å². The highest BCUT2D eigenvalue weighted by molar-refractivity contribution is 6.30. The second-order valence-corrected chi connectivity index (χ2v) is 5.34. The molecule has 1 aliphatic rings. The summed E-state index contributed by atoms with van der Waals surface area (Å²) in [6.45, 7) is 6.36. The third-order valence-corrected chi connectivity index (χ3v) is 3.76. The van der Waals surface area contributed by atoms with E-state index < -0.39 is 5.97 Å². The molecule has 0 aromatic heterocycles. The number of nitrogens with zero attached hydrogens (tertiary/aromatic N) is 2. The molecule has 0 atom stereocenters. The van der Waals surface area contributed by atoms with Crippen molar-refractivity contribution in [2.24, 2.45) is 0 Å². The smallest absolute Gasteiger partial charge is 0.304 e. The van der Waals surface area contributed by atoms with Crippen LogP contribution in [-0.4, -0.2) is 48.7 Å². The second-order valence-electron chi connectivity index (χ2n) is 4.90. The third-order valence-electron chi connectivity index (χ3n) is 3.53. The number of hydrogen-bond donors (Lipinski definition) is 1. The van der Waals surface area contributed by atoms with Crippen molar-refractivity contribution in [3.63, 3.8) is 0 Å². The van der Waals surface area contributed by atoms with E-state index in [0.717, 1.165) is 31.2 Å². The molecule has 0 aliphatic carbocycles. The molecule has 1 N–H and O–H groups in total. The van der Waals surface area contributed by atoms with E-state index in [1.54, 1.807) is 0 Å². The maximum Gasteiger partial charge on any atom is 0.304 e. The number of hydrogen-bond acceptors (Lipinski definition) is 3. The van der Waals surface area contributed by atoms with Gasteiger partial charge in [0.2, 0.25) is 0 Å². The van der Waals surface area contributed by atoms with Crippen LogP contribution >= 0.6 is 11.6 Å². The van der Waals surface area contributed by atoms with Crippen molar-refractivity contribution in [1.29, 1.82) is 0 Å². The first-order chi connectivity index (χ1) is 9.06. The molecular weight excluding hydrogens is 264 g/mol. The zero-order chi connectivity index (χ0) is 13.8. The van der Waals surface area contributed by atoms with E-state index in [-0.39, 0.29) is 6.42 Å². The van der Waals surface area contributed by atoms with Gasteiger partial charge in [-0.2, -0.15) is 0 Å². The van der Waals surface area contributed by atoms with Crippen LogP contribution in [-0.2, 0) is 4.79 Å². The summed E-state index contributed by atoms with van der Waals surface area (Å²) in [6, 6.07) is 5.95. The molecule has 0 saturated carbocycles. The van der Waals surface area contributed by atoms with Gasteiger partial charge in [0.05, 0.1) is 6.42 Å². The molecule has 0 radical (unpaired) electrons. The minimum absolute atomic E-state index is 0.218. The van der Waals surface area contributed by atoms with Crippen LogP contribution in [0, 0.1) is 6.92 Å². The Kier molecular flexibility index (Phi) is 4.66. The van der Waals surface area contributed by atoms with E-state index >= 15 is 0 Å². The number of piperazine rings is 1. The number of aliphatic carboxylic acids is 1. The van der Waals surface area contributed by atoms with Crippen LogP contribution in [0.5, 0.6) is 0 Å². The minimum Gasteiger partial charge on any atom is -0.481 e. The van der Waals surface area contributed by atoms with Gasteiger partial charge in [-0.3, -0.25) is 9.69 Å². The zero-order valence-corrected chi connectivity index (χ0v) is 11.9. The molecule has 0 unspecified atom stereocenters. The highest BCUT2D eigenvalue weighted by Gasteiger charge is 2.18. The Bertz CT molecular complexity index is 457. The van der Waals surface area contributed by atoms with Crippen LogP contribution in [0.3, 0.4) is 0 Å². The Balaban J connectivity index is 1.92. The Hall–Kier alpha value is -1.26. The van der Waals surface area contributed by atoms with Crippen molar-refractivity contribution in [1.82, 2.24) is 4.90 Å². The van der Waals surface area contributed by atoms with Crippen molar-refractivity contribution in [3.05, 3.63) is 28.8 Å². The number of carboxylic acids is 1. The predicted molar refractivity (Wildman–Crippen MR) is 77.1 cm³/mol. The van der Waals surface area contributed by atoms with Gasteiger partial charge in [-0.15, -0.1) is 0 Å². The monoisotopic (exact) mass is 282 g/mol. The molecule has 1 aliphatic heterocycles. The van der Waals surface area contributed by atoms with Crippen LogP contribution < -0.4 is 4.90 Å². The first-order valence-electron chi connectivity index (χ1n) is 6.51. The molecule has 19 heavy (non-hydrogen) atoms. The molecule has 104 valence electrons. The minimum atomic E-state index is -0.729. The maximum atomic E-state index is 10.6. The predicted octanol–water partition coefficient (Wildman–Crippen LogP) is 2.25. The van der Waals surface area contributed by atoms with Gasteiger partial charge in [-0.05, 0) is 24.6 Å². The quantitative estimate of drug-likeness (QED) is 0.920. The number of rotatable bonds is 4. The number of carbonyl (C=O) groups is 1. The van der Waals surface area contributed by atoms with Crippen molar-refractivity contribution in [3.8, 4) is 0 Å². The topological polar surface area (TPSA) is 43.8 Å². The normalized spacial score (nSPS) is 16.6. The van der Waals surface area contributed by atoms with Crippen molar-refractivity contribution < 1.29 is 9.90 Å². The maximum absolute atomic E-state index is 10.6. The number of aryl methyl sites for hydroxylation is 1. The summed E-state index contributed by atoms with van der Waals surface area (Å²) in [6.07, 6.45) is 0.218. The molecule has 1 heterocycles. The van der Waals surface area contributed by atoms with Gasteiger partial charge in [-0.25, -0.2) is 0 Å². The van der Waals surface area contributed by atoms with Gasteiger partial charge < -0.3 is 10.0 Å². The molecule has 1 aromatic rings. The Morgan fingerprint density at radius 3 is 2.63 bits per heavy atom. The van der Waals surface area contributed by atoms with E-state index in [1.165, 1.54) is 11.3 Å². The van der Waals surface area contributed by atoms with Crippen LogP contribution in [0.15, 0.2) is 18.2 Å². The summed E-state index contributed by atoms with van der Waals surface area (Å²) in [7, 11) is 0. The fraction of sp³-hybridized carbons (Fsp3) is 0.500. The van der Waals surface area contributed by atoms with Crippen LogP contribution in [0.25, 0.3) is 0 Å². The summed E-state index contributed by atoms with van der Waals surface area (Å²) < 4.78 is 0. The number of halogens is 1. The average molecular weight is 283 g/mol. The van der Waals surface area contributed by atoms with E-state index in [1.807, 2.05) is 18.2 Å². The van der Waals surface area contributed by atoms with Gasteiger partial charge in [-0.1, -0.05) is 17.7 Å². The lowest BCUT2D eigenvalue weighted by Gasteiger charge is -2.36. The summed E-state index contributed by atoms with van der Waals surface area (Å²) >= 11 is 6.05. The van der Waals surface area contributed by atoms with Crippen molar-refractivity contribution in [2.45, 2.75) is 13.3 Å². The molecule has 0 bridgehead atoms. The van der Waals surface area contributed by atoms with E-state index in [9.17, 15) is 4.79 Å². The van der Waals surface area contributed by atoms with Gasteiger partial charge in [0, 0.05) is 43.4 Å². The van der Waals surface area contributed by atoms with Gasteiger partial charge in [0.15, 0.2) is 0 Å². The lowest BCUT2D eigenvalue weighted by molar-refractivity contribution is -0.137. The van der Waals surface area contributed by atoms with Crippen LogP contribution in [0.4, 0.5) is 5.69 Å². The van der Waals surface area contributed by atoms with E-state index in [0.29, 0.717) is 6.54 Å². The molecule has 1 aromatic carbocycles. The molecule has 0 amide bonds. The van der Waals surface area contributed by atoms with Crippen molar-refractivity contribution >= 4 is 23.3 Å². The number of benzene rings is 1. The third kappa shape index (κ3) is 3.85. The largest absolute Gasteiger partial charge is 0.481 e. The van der Waals surface area contributed by atoms with Gasteiger partial charge in [0.25, 0.3) is 0 Å². The first-order valence-corrected chi connectivity index (χ1v) is 6.89. The highest BCUT2D eigenvalue weighted by atomic mass is 35.5. The lowest BCUT2D eigenvalue weighted by Crippen LogP contribution is -2.47. The fourth-order valence-corrected chi connectivity index (χ4v) is 2.56. The first kappa shape index (κ1) is 14.2. The standard InChI is InChI=1S/C14H19ClN2O2/c1-11-2-3-12(15)10-13(11)17-8-6-16(7-9-17)5-4-14(18)19/h2-3,10H,4-9H2,1H3,(H,18,19). The molecular formula is C14H19ClN2O2. The Morgan fingerprint density at radius 1 is 1.32 bits per heavy atom.